The molecule has 0 saturated carbocycles. The van der Waals surface area contributed by atoms with Crippen LogP contribution in [0.1, 0.15) is 50.2 Å². The minimum Gasteiger partial charge on any atom is -0.247 e. The summed E-state index contributed by atoms with van der Waals surface area (Å²) in [6.45, 7) is 4.01. The van der Waals surface area contributed by atoms with Crippen LogP contribution in [0, 0.1) is 11.3 Å². The third-order valence-corrected chi connectivity index (χ3v) is 2.80. The van der Waals surface area contributed by atoms with Crippen LogP contribution in [0.3, 0.4) is 0 Å². The second kappa shape index (κ2) is 6.27. The van der Waals surface area contributed by atoms with E-state index in [2.05, 4.69) is 6.07 Å². The summed E-state index contributed by atoms with van der Waals surface area (Å²) < 4.78 is 13.5. The minimum atomic E-state index is -0.731. The second-order valence-electron chi connectivity index (χ2n) is 4.26. The minimum absolute atomic E-state index is 0.176. The van der Waals surface area contributed by atoms with Crippen molar-refractivity contribution in [3.05, 3.63) is 35.4 Å². The zero-order valence-electron chi connectivity index (χ0n) is 9.91. The highest BCUT2D eigenvalue weighted by atomic mass is 19.1. The van der Waals surface area contributed by atoms with Crippen molar-refractivity contribution >= 4 is 0 Å². The molecule has 0 heterocycles. The molecule has 0 N–H and O–H groups in total. The molecule has 16 heavy (non-hydrogen) atoms. The fourth-order valence-corrected chi connectivity index (χ4v) is 1.87. The van der Waals surface area contributed by atoms with Gasteiger partial charge in [0.05, 0.1) is 11.6 Å². The number of nitrogens with zero attached hydrogens (tertiary/aromatic N) is 1. The van der Waals surface area contributed by atoms with E-state index < -0.39 is 6.17 Å². The molecule has 0 aliphatic rings. The molecule has 1 aromatic carbocycles. The molecule has 0 aromatic heterocycles. The molecule has 86 valence electrons. The van der Waals surface area contributed by atoms with E-state index in [1.807, 2.05) is 32.0 Å². The van der Waals surface area contributed by atoms with Gasteiger partial charge in [-0.15, -0.1) is 0 Å². The van der Waals surface area contributed by atoms with Gasteiger partial charge < -0.3 is 0 Å². The first-order chi connectivity index (χ1) is 7.67. The first kappa shape index (κ1) is 12.7. The summed E-state index contributed by atoms with van der Waals surface area (Å²) in [7, 11) is 0. The first-order valence-electron chi connectivity index (χ1n) is 5.81. The Kier molecular flexibility index (Phi) is 4.98. The predicted molar refractivity (Wildman–Crippen MR) is 64.0 cm³/mol. The van der Waals surface area contributed by atoms with E-state index in [1.165, 1.54) is 0 Å². The van der Waals surface area contributed by atoms with Gasteiger partial charge in [-0.25, -0.2) is 4.39 Å². The normalized spacial score (nSPS) is 14.1. The maximum atomic E-state index is 13.5. The van der Waals surface area contributed by atoms with Crippen molar-refractivity contribution in [1.82, 2.24) is 0 Å². The Labute approximate surface area is 96.9 Å². The quantitative estimate of drug-likeness (QED) is 0.728. The van der Waals surface area contributed by atoms with Crippen LogP contribution in [0.2, 0.25) is 0 Å². The number of alkyl halides is 1. The van der Waals surface area contributed by atoms with Crippen molar-refractivity contribution in [1.29, 1.82) is 5.26 Å². The summed E-state index contributed by atoms with van der Waals surface area (Å²) >= 11 is 0. The van der Waals surface area contributed by atoms with Crippen LogP contribution in [-0.4, -0.2) is 6.17 Å². The second-order valence-corrected chi connectivity index (χ2v) is 4.26. The predicted octanol–water partition coefficient (Wildman–Crippen LogP) is 4.19. The Bertz CT molecular complexity index is 367. The molecule has 0 saturated heterocycles. The molecule has 0 fully saturated rings. The molecule has 2 unspecified atom stereocenters. The zero-order chi connectivity index (χ0) is 12.0. The van der Waals surface area contributed by atoms with Crippen LogP contribution in [-0.2, 0) is 0 Å². The van der Waals surface area contributed by atoms with Gasteiger partial charge in [-0.1, -0.05) is 32.4 Å². The topological polar surface area (TPSA) is 23.8 Å². The monoisotopic (exact) mass is 219 g/mol. The lowest BCUT2D eigenvalue weighted by Crippen LogP contribution is -2.05. The van der Waals surface area contributed by atoms with Gasteiger partial charge in [-0.2, -0.15) is 5.26 Å². The molecular weight excluding hydrogens is 201 g/mol. The maximum Gasteiger partial charge on any atom is 0.101 e. The van der Waals surface area contributed by atoms with Gasteiger partial charge in [0.2, 0.25) is 0 Å². The van der Waals surface area contributed by atoms with Crippen molar-refractivity contribution in [2.45, 2.75) is 45.2 Å². The van der Waals surface area contributed by atoms with Crippen LogP contribution >= 0.6 is 0 Å². The van der Waals surface area contributed by atoms with Gasteiger partial charge in [-0.3, -0.25) is 0 Å². The van der Waals surface area contributed by atoms with Gasteiger partial charge in [0.25, 0.3) is 0 Å². The summed E-state index contributed by atoms with van der Waals surface area (Å²) in [6, 6.07) is 9.55. The molecule has 2 heteroatoms. The van der Waals surface area contributed by atoms with Crippen LogP contribution in [0.4, 0.5) is 4.39 Å². The van der Waals surface area contributed by atoms with Crippen LogP contribution in [0.5, 0.6) is 0 Å². The molecule has 1 rings (SSSR count). The molecule has 0 radical (unpaired) electrons. The van der Waals surface area contributed by atoms with Crippen molar-refractivity contribution in [2.75, 3.05) is 0 Å². The summed E-state index contributed by atoms with van der Waals surface area (Å²) in [5, 5.41) is 8.79. The number of benzene rings is 1. The fourth-order valence-electron chi connectivity index (χ4n) is 1.87. The lowest BCUT2D eigenvalue weighted by atomic mass is 9.93. The third-order valence-electron chi connectivity index (χ3n) is 2.80. The van der Waals surface area contributed by atoms with Crippen LogP contribution in [0.25, 0.3) is 0 Å². The zero-order valence-corrected chi connectivity index (χ0v) is 9.91. The van der Waals surface area contributed by atoms with Crippen molar-refractivity contribution in [3.8, 4) is 6.07 Å². The Morgan fingerprint density at radius 3 is 2.81 bits per heavy atom. The molecule has 0 spiro atoms. The van der Waals surface area contributed by atoms with Crippen molar-refractivity contribution in [3.63, 3.8) is 0 Å². The number of rotatable bonds is 5. The molecule has 1 nitrogen and oxygen atoms in total. The number of hydrogen-bond donors (Lipinski definition) is 0. The van der Waals surface area contributed by atoms with Gasteiger partial charge in [0.15, 0.2) is 0 Å². The summed E-state index contributed by atoms with van der Waals surface area (Å²) in [5.41, 5.74) is 1.70. The SMILES string of the molecule is CCCC(F)CC(C)c1cccc(C#N)c1. The molecular formula is C14H18FN. The van der Waals surface area contributed by atoms with E-state index in [-0.39, 0.29) is 5.92 Å². The van der Waals surface area contributed by atoms with E-state index in [1.54, 1.807) is 6.07 Å². The van der Waals surface area contributed by atoms with E-state index in [0.29, 0.717) is 18.4 Å². The lowest BCUT2D eigenvalue weighted by Gasteiger charge is -2.14. The molecule has 1 aromatic rings. The highest BCUT2D eigenvalue weighted by Gasteiger charge is 2.13. The van der Waals surface area contributed by atoms with Crippen molar-refractivity contribution in [2.24, 2.45) is 0 Å². The lowest BCUT2D eigenvalue weighted by molar-refractivity contribution is 0.280. The summed E-state index contributed by atoms with van der Waals surface area (Å²) in [6.07, 6.45) is 1.32. The summed E-state index contributed by atoms with van der Waals surface area (Å²) in [4.78, 5) is 0. The van der Waals surface area contributed by atoms with Crippen LogP contribution in [0.15, 0.2) is 24.3 Å². The van der Waals surface area contributed by atoms with E-state index in [9.17, 15) is 4.39 Å². The molecule has 0 aliphatic carbocycles. The molecule has 0 aliphatic heterocycles. The first-order valence-corrected chi connectivity index (χ1v) is 5.81. The van der Waals surface area contributed by atoms with E-state index in [4.69, 9.17) is 5.26 Å². The Balaban J connectivity index is 2.65. The van der Waals surface area contributed by atoms with Gasteiger partial charge in [-0.05, 0) is 36.5 Å². The molecule has 2 atom stereocenters. The number of hydrogen-bond acceptors (Lipinski definition) is 1. The van der Waals surface area contributed by atoms with E-state index in [0.717, 1.165) is 12.0 Å². The Hall–Kier alpha value is -1.36. The van der Waals surface area contributed by atoms with Gasteiger partial charge in [0.1, 0.15) is 6.17 Å². The van der Waals surface area contributed by atoms with E-state index >= 15 is 0 Å². The largest absolute Gasteiger partial charge is 0.247 e. The Morgan fingerprint density at radius 2 is 2.19 bits per heavy atom. The van der Waals surface area contributed by atoms with Gasteiger partial charge in [0, 0.05) is 0 Å². The standard InChI is InChI=1S/C14H18FN/c1-3-5-14(15)8-11(2)13-7-4-6-12(9-13)10-16/h4,6-7,9,11,14H,3,5,8H2,1-2H3. The highest BCUT2D eigenvalue weighted by molar-refractivity contribution is 5.34. The maximum absolute atomic E-state index is 13.5. The summed E-state index contributed by atoms with van der Waals surface area (Å²) in [5.74, 6) is 0.176. The smallest absolute Gasteiger partial charge is 0.101 e. The highest BCUT2D eigenvalue weighted by Crippen LogP contribution is 2.24. The Morgan fingerprint density at radius 1 is 1.44 bits per heavy atom. The third kappa shape index (κ3) is 3.66. The molecule has 0 bridgehead atoms. The molecule has 0 amide bonds. The average molecular weight is 219 g/mol. The van der Waals surface area contributed by atoms with Gasteiger partial charge >= 0.3 is 0 Å². The fraction of sp³-hybridized carbons (Fsp3) is 0.500. The van der Waals surface area contributed by atoms with Crippen molar-refractivity contribution < 1.29 is 4.39 Å². The number of halogens is 1. The average Bonchev–Trinajstić information content (AvgIpc) is 2.29. The number of nitriles is 1. The van der Waals surface area contributed by atoms with Crippen LogP contribution < -0.4 is 0 Å².